The summed E-state index contributed by atoms with van der Waals surface area (Å²) in [5.74, 6) is 0. The summed E-state index contributed by atoms with van der Waals surface area (Å²) in [5, 5.41) is 9.07. The van der Waals surface area contributed by atoms with Crippen molar-refractivity contribution in [2.75, 3.05) is 4.90 Å². The molecule has 0 atom stereocenters. The lowest BCUT2D eigenvalue weighted by Gasteiger charge is -2.26. The number of fused-ring (bicyclic) bond motifs is 8. The Labute approximate surface area is 270 Å². The molecule has 0 aliphatic rings. The summed E-state index contributed by atoms with van der Waals surface area (Å²) in [6.07, 6.45) is 0. The van der Waals surface area contributed by atoms with E-state index in [1.807, 2.05) is 6.07 Å². The van der Waals surface area contributed by atoms with Crippen molar-refractivity contribution in [3.05, 3.63) is 164 Å². The maximum Gasteiger partial charge on any atom is 0.139 e. The SMILES string of the molecule is c1ccc(-c2ccc(N(c3ccccc3)c3ccc4cc5oc6cc7oc8cc9ccccc9cc8c7cc6c5cc4c3)cc2)cc1. The second-order valence-corrected chi connectivity index (χ2v) is 12.2. The molecule has 3 heteroatoms. The lowest BCUT2D eigenvalue weighted by Crippen LogP contribution is -2.09. The van der Waals surface area contributed by atoms with Gasteiger partial charge in [0.2, 0.25) is 0 Å². The highest BCUT2D eigenvalue weighted by molar-refractivity contribution is 6.18. The molecule has 0 bridgehead atoms. The third-order valence-corrected chi connectivity index (χ3v) is 9.38. The van der Waals surface area contributed by atoms with Gasteiger partial charge in [-0.1, -0.05) is 91.0 Å². The van der Waals surface area contributed by atoms with Crippen LogP contribution in [-0.2, 0) is 0 Å². The lowest BCUT2D eigenvalue weighted by atomic mass is 10.0. The fourth-order valence-corrected chi connectivity index (χ4v) is 7.06. The zero-order valence-corrected chi connectivity index (χ0v) is 25.4. The van der Waals surface area contributed by atoms with Crippen LogP contribution in [0.5, 0.6) is 0 Å². The van der Waals surface area contributed by atoms with Crippen molar-refractivity contribution in [3.63, 3.8) is 0 Å². The Bertz CT molecular complexity index is 2770. The van der Waals surface area contributed by atoms with Crippen LogP contribution in [0, 0.1) is 0 Å². The fourth-order valence-electron chi connectivity index (χ4n) is 7.06. The van der Waals surface area contributed by atoms with Crippen molar-refractivity contribution in [3.8, 4) is 11.1 Å². The molecule has 8 aromatic carbocycles. The first-order valence-corrected chi connectivity index (χ1v) is 15.9. The molecule has 220 valence electrons. The van der Waals surface area contributed by atoms with Gasteiger partial charge in [-0.2, -0.15) is 0 Å². The number of nitrogens with zero attached hydrogens (tertiary/aromatic N) is 1. The number of anilines is 3. The van der Waals surface area contributed by atoms with E-state index >= 15 is 0 Å². The highest BCUT2D eigenvalue weighted by Crippen LogP contribution is 2.41. The number of benzene rings is 8. The molecule has 10 aromatic rings. The first-order chi connectivity index (χ1) is 23.2. The van der Waals surface area contributed by atoms with Crippen LogP contribution >= 0.6 is 0 Å². The molecular formula is C44H27NO2. The zero-order chi connectivity index (χ0) is 30.9. The predicted octanol–water partition coefficient (Wildman–Crippen LogP) is 12.9. The normalized spacial score (nSPS) is 11.8. The molecule has 0 N–H and O–H groups in total. The second kappa shape index (κ2) is 10.1. The van der Waals surface area contributed by atoms with E-state index in [-0.39, 0.29) is 0 Å². The number of rotatable bonds is 4. The summed E-state index contributed by atoms with van der Waals surface area (Å²) < 4.78 is 12.8. The summed E-state index contributed by atoms with van der Waals surface area (Å²) in [7, 11) is 0. The number of hydrogen-bond donors (Lipinski definition) is 0. The molecule has 2 aromatic heterocycles. The lowest BCUT2D eigenvalue weighted by molar-refractivity contribution is 0.656. The molecule has 0 amide bonds. The molecule has 47 heavy (non-hydrogen) atoms. The third kappa shape index (κ3) is 4.21. The minimum atomic E-state index is 0.830. The Hall–Kier alpha value is -6.32. The zero-order valence-electron chi connectivity index (χ0n) is 25.4. The molecule has 0 unspecified atom stereocenters. The highest BCUT2D eigenvalue weighted by Gasteiger charge is 2.17. The van der Waals surface area contributed by atoms with Gasteiger partial charge in [0.1, 0.15) is 22.3 Å². The molecule has 0 aliphatic carbocycles. The van der Waals surface area contributed by atoms with Gasteiger partial charge in [-0.05, 0) is 99.4 Å². The Morgan fingerprint density at radius 3 is 1.45 bits per heavy atom. The Morgan fingerprint density at radius 1 is 0.298 bits per heavy atom. The van der Waals surface area contributed by atoms with Crippen LogP contribution in [0.4, 0.5) is 17.1 Å². The molecule has 3 nitrogen and oxygen atoms in total. The van der Waals surface area contributed by atoms with E-state index in [2.05, 4.69) is 163 Å². The van der Waals surface area contributed by atoms with Crippen molar-refractivity contribution in [2.45, 2.75) is 0 Å². The summed E-state index contributed by atoms with van der Waals surface area (Å²) in [4.78, 5) is 2.32. The molecule has 0 aliphatic heterocycles. The second-order valence-electron chi connectivity index (χ2n) is 12.2. The maximum absolute atomic E-state index is 6.44. The van der Waals surface area contributed by atoms with Crippen molar-refractivity contribution in [1.82, 2.24) is 0 Å². The summed E-state index contributed by atoms with van der Waals surface area (Å²) in [5.41, 5.74) is 9.15. The van der Waals surface area contributed by atoms with Crippen molar-refractivity contribution >= 4 is 82.5 Å². The minimum Gasteiger partial charge on any atom is -0.456 e. The van der Waals surface area contributed by atoms with Gasteiger partial charge in [-0.25, -0.2) is 0 Å². The fraction of sp³-hybridized carbons (Fsp3) is 0. The van der Waals surface area contributed by atoms with E-state index in [9.17, 15) is 0 Å². The van der Waals surface area contributed by atoms with Crippen molar-refractivity contribution in [2.24, 2.45) is 0 Å². The maximum atomic E-state index is 6.44. The van der Waals surface area contributed by atoms with Crippen LogP contribution in [0.25, 0.3) is 76.5 Å². The van der Waals surface area contributed by atoms with Gasteiger partial charge in [0.05, 0.1) is 0 Å². The van der Waals surface area contributed by atoms with Gasteiger partial charge < -0.3 is 13.7 Å². The molecule has 0 fully saturated rings. The third-order valence-electron chi connectivity index (χ3n) is 9.38. The van der Waals surface area contributed by atoms with Crippen LogP contribution in [-0.4, -0.2) is 0 Å². The minimum absolute atomic E-state index is 0.830. The molecule has 0 spiro atoms. The van der Waals surface area contributed by atoms with Gasteiger partial charge in [-0.3, -0.25) is 0 Å². The molecular weight excluding hydrogens is 574 g/mol. The number of para-hydroxylation sites is 1. The van der Waals surface area contributed by atoms with Crippen LogP contribution in [0.1, 0.15) is 0 Å². The predicted molar refractivity (Wildman–Crippen MR) is 196 cm³/mol. The largest absolute Gasteiger partial charge is 0.456 e. The molecule has 0 saturated carbocycles. The van der Waals surface area contributed by atoms with E-state index in [1.165, 1.54) is 21.9 Å². The first kappa shape index (κ1) is 26.0. The van der Waals surface area contributed by atoms with E-state index < -0.39 is 0 Å². The Morgan fingerprint density at radius 2 is 0.766 bits per heavy atom. The van der Waals surface area contributed by atoms with E-state index in [0.717, 1.165) is 71.7 Å². The van der Waals surface area contributed by atoms with Crippen molar-refractivity contribution < 1.29 is 8.83 Å². The molecule has 0 radical (unpaired) electrons. The quantitative estimate of drug-likeness (QED) is 0.201. The van der Waals surface area contributed by atoms with E-state index in [0.29, 0.717) is 0 Å². The van der Waals surface area contributed by atoms with Crippen LogP contribution < -0.4 is 4.90 Å². The standard InChI is InChI=1S/C44H27NO2/c1-3-9-28(10-4-1)29-15-18-35(19-16-29)45(34-13-5-2-6-14-34)36-20-17-32-25-42-38(23-33(32)21-36)40-26-39-37-22-30-11-7-8-12-31(30)24-41(37)46-43(39)27-44(40)47-42/h1-27H. The monoisotopic (exact) mass is 601 g/mol. The average molecular weight is 602 g/mol. The van der Waals surface area contributed by atoms with Gasteiger partial charge in [-0.15, -0.1) is 0 Å². The van der Waals surface area contributed by atoms with Crippen LogP contribution in [0.15, 0.2) is 173 Å². The molecule has 0 saturated heterocycles. The van der Waals surface area contributed by atoms with E-state index in [4.69, 9.17) is 8.83 Å². The van der Waals surface area contributed by atoms with E-state index in [1.54, 1.807) is 0 Å². The van der Waals surface area contributed by atoms with Crippen LogP contribution in [0.3, 0.4) is 0 Å². The first-order valence-electron chi connectivity index (χ1n) is 15.9. The Balaban J connectivity index is 1.13. The summed E-state index contributed by atoms with van der Waals surface area (Å²) in [6.45, 7) is 0. The van der Waals surface area contributed by atoms with Gasteiger partial charge in [0, 0.05) is 44.7 Å². The van der Waals surface area contributed by atoms with Crippen LogP contribution in [0.2, 0.25) is 0 Å². The number of furan rings is 2. The smallest absolute Gasteiger partial charge is 0.139 e. The molecule has 10 rings (SSSR count). The van der Waals surface area contributed by atoms with Crippen molar-refractivity contribution in [1.29, 1.82) is 0 Å². The highest BCUT2D eigenvalue weighted by atomic mass is 16.3. The average Bonchev–Trinajstić information content (AvgIpc) is 3.65. The Kier molecular flexibility index (Phi) is 5.57. The topological polar surface area (TPSA) is 29.5 Å². The summed E-state index contributed by atoms with van der Waals surface area (Å²) >= 11 is 0. The van der Waals surface area contributed by atoms with Gasteiger partial charge >= 0.3 is 0 Å². The van der Waals surface area contributed by atoms with Gasteiger partial charge in [0.25, 0.3) is 0 Å². The summed E-state index contributed by atoms with van der Waals surface area (Å²) in [6, 6.07) is 58.0. The van der Waals surface area contributed by atoms with Gasteiger partial charge in [0.15, 0.2) is 0 Å². The number of hydrogen-bond acceptors (Lipinski definition) is 3. The molecule has 2 heterocycles.